The van der Waals surface area contributed by atoms with Crippen LogP contribution in [-0.2, 0) is 19.4 Å². The van der Waals surface area contributed by atoms with Crippen molar-refractivity contribution in [2.45, 2.75) is 18.9 Å². The van der Waals surface area contributed by atoms with Crippen LogP contribution in [0.2, 0.25) is 0 Å². The second kappa shape index (κ2) is 6.24. The molecule has 3 rings (SSSR count). The third kappa shape index (κ3) is 3.74. The summed E-state index contributed by atoms with van der Waals surface area (Å²) in [6, 6.07) is 8.14. The van der Waals surface area contributed by atoms with Crippen LogP contribution in [0.1, 0.15) is 18.4 Å². The highest BCUT2D eigenvalue weighted by Gasteiger charge is 2.48. The monoisotopic (exact) mass is 347 g/mol. The van der Waals surface area contributed by atoms with E-state index in [2.05, 4.69) is 10.6 Å². The first-order chi connectivity index (χ1) is 11.4. The summed E-state index contributed by atoms with van der Waals surface area (Å²) >= 11 is 0. The molecule has 1 aliphatic carbocycles. The van der Waals surface area contributed by atoms with Crippen molar-refractivity contribution in [3.8, 4) is 6.07 Å². The smallest absolute Gasteiger partial charge is 0.228 e. The molecule has 3 unspecified atom stereocenters. The van der Waals surface area contributed by atoms with Gasteiger partial charge in [0.25, 0.3) is 0 Å². The first-order valence-corrected chi connectivity index (χ1v) is 9.52. The number of amides is 2. The van der Waals surface area contributed by atoms with Crippen LogP contribution in [0.5, 0.6) is 0 Å². The first kappa shape index (κ1) is 16.5. The fourth-order valence-electron chi connectivity index (χ4n) is 2.85. The van der Waals surface area contributed by atoms with Crippen LogP contribution < -0.4 is 10.6 Å². The SMILES string of the molecule is N#Cc1ccc(NC(=O)C2CC2C(=O)NC2CCS(=O)(=O)C2)cc1. The summed E-state index contributed by atoms with van der Waals surface area (Å²) in [6.45, 7) is 0. The number of hydrogen-bond acceptors (Lipinski definition) is 5. The molecule has 24 heavy (non-hydrogen) atoms. The molecule has 1 saturated heterocycles. The van der Waals surface area contributed by atoms with E-state index in [4.69, 9.17) is 5.26 Å². The second-order valence-electron chi connectivity index (χ2n) is 6.24. The van der Waals surface area contributed by atoms with Gasteiger partial charge in [-0.2, -0.15) is 5.26 Å². The Hall–Kier alpha value is -2.40. The Kier molecular flexibility index (Phi) is 4.28. The van der Waals surface area contributed by atoms with Crippen LogP contribution >= 0.6 is 0 Å². The van der Waals surface area contributed by atoms with E-state index in [1.807, 2.05) is 6.07 Å². The van der Waals surface area contributed by atoms with Crippen molar-refractivity contribution in [1.82, 2.24) is 5.32 Å². The molecule has 3 atom stereocenters. The summed E-state index contributed by atoms with van der Waals surface area (Å²) in [5.74, 6) is -1.19. The number of carbonyl (C=O) groups excluding carboxylic acids is 2. The van der Waals surface area contributed by atoms with Gasteiger partial charge >= 0.3 is 0 Å². The summed E-state index contributed by atoms with van der Waals surface area (Å²) in [5, 5.41) is 14.2. The number of hydrogen-bond donors (Lipinski definition) is 2. The van der Waals surface area contributed by atoms with E-state index < -0.39 is 21.7 Å². The van der Waals surface area contributed by atoms with Gasteiger partial charge in [-0.05, 0) is 37.1 Å². The zero-order valence-corrected chi connectivity index (χ0v) is 13.7. The molecule has 0 aromatic heterocycles. The molecule has 8 heteroatoms. The number of sulfone groups is 1. The molecule has 2 amide bonds. The van der Waals surface area contributed by atoms with Gasteiger partial charge in [-0.1, -0.05) is 0 Å². The van der Waals surface area contributed by atoms with E-state index in [9.17, 15) is 18.0 Å². The van der Waals surface area contributed by atoms with Gasteiger partial charge in [0.2, 0.25) is 11.8 Å². The van der Waals surface area contributed by atoms with Crippen molar-refractivity contribution in [1.29, 1.82) is 5.26 Å². The van der Waals surface area contributed by atoms with E-state index in [-0.39, 0.29) is 29.4 Å². The Labute approximate surface area is 140 Å². The summed E-state index contributed by atoms with van der Waals surface area (Å²) in [7, 11) is -3.04. The Morgan fingerprint density at radius 1 is 1.12 bits per heavy atom. The Morgan fingerprint density at radius 3 is 2.38 bits per heavy atom. The highest BCUT2D eigenvalue weighted by Crippen LogP contribution is 2.39. The van der Waals surface area contributed by atoms with Crippen molar-refractivity contribution < 1.29 is 18.0 Å². The predicted octanol–water partition coefficient (Wildman–Crippen LogP) is 0.436. The molecule has 0 bridgehead atoms. The van der Waals surface area contributed by atoms with Gasteiger partial charge in [0, 0.05) is 11.7 Å². The normalized spacial score (nSPS) is 27.0. The lowest BCUT2D eigenvalue weighted by molar-refractivity contribution is -0.125. The highest BCUT2D eigenvalue weighted by atomic mass is 32.2. The number of carbonyl (C=O) groups is 2. The molecule has 1 aromatic rings. The molecule has 1 aliphatic heterocycles. The van der Waals surface area contributed by atoms with Crippen LogP contribution in [0.25, 0.3) is 0 Å². The maximum atomic E-state index is 12.1. The lowest BCUT2D eigenvalue weighted by Crippen LogP contribution is -2.37. The number of benzene rings is 1. The molecule has 1 saturated carbocycles. The minimum atomic E-state index is -3.04. The Morgan fingerprint density at radius 2 is 1.79 bits per heavy atom. The fourth-order valence-corrected chi connectivity index (χ4v) is 4.53. The zero-order chi connectivity index (χ0) is 17.3. The van der Waals surface area contributed by atoms with Crippen LogP contribution in [-0.4, -0.2) is 37.8 Å². The van der Waals surface area contributed by atoms with Crippen LogP contribution in [0.15, 0.2) is 24.3 Å². The third-order valence-corrected chi connectivity index (χ3v) is 6.09. The summed E-state index contributed by atoms with van der Waals surface area (Å²) < 4.78 is 22.8. The topological polar surface area (TPSA) is 116 Å². The molecule has 2 fully saturated rings. The third-order valence-electron chi connectivity index (χ3n) is 4.32. The molecular weight excluding hydrogens is 330 g/mol. The van der Waals surface area contributed by atoms with Crippen molar-refractivity contribution in [3.05, 3.63) is 29.8 Å². The minimum Gasteiger partial charge on any atom is -0.352 e. The van der Waals surface area contributed by atoms with E-state index in [0.29, 0.717) is 24.1 Å². The van der Waals surface area contributed by atoms with E-state index in [1.165, 1.54) is 0 Å². The highest BCUT2D eigenvalue weighted by molar-refractivity contribution is 7.91. The standard InChI is InChI=1S/C16H17N3O4S/c17-8-10-1-3-11(4-2-10)18-15(20)13-7-14(13)16(21)19-12-5-6-24(22,23)9-12/h1-4,12-14H,5-7,9H2,(H,18,20)(H,19,21). The van der Waals surface area contributed by atoms with Crippen molar-refractivity contribution in [2.24, 2.45) is 11.8 Å². The number of nitrogens with one attached hydrogen (secondary N) is 2. The predicted molar refractivity (Wildman–Crippen MR) is 86.6 cm³/mol. The van der Waals surface area contributed by atoms with Crippen LogP contribution in [0, 0.1) is 23.2 Å². The van der Waals surface area contributed by atoms with Gasteiger partial charge in [-0.3, -0.25) is 9.59 Å². The molecule has 0 spiro atoms. The van der Waals surface area contributed by atoms with Gasteiger partial charge in [0.05, 0.1) is 35.0 Å². The lowest BCUT2D eigenvalue weighted by Gasteiger charge is -2.10. The van der Waals surface area contributed by atoms with E-state index in [1.54, 1.807) is 24.3 Å². The van der Waals surface area contributed by atoms with Gasteiger partial charge in [0.1, 0.15) is 0 Å². The molecule has 7 nitrogen and oxygen atoms in total. The van der Waals surface area contributed by atoms with E-state index in [0.717, 1.165) is 0 Å². The van der Waals surface area contributed by atoms with Gasteiger partial charge < -0.3 is 10.6 Å². The fraction of sp³-hybridized carbons (Fsp3) is 0.438. The maximum absolute atomic E-state index is 12.1. The summed E-state index contributed by atoms with van der Waals surface area (Å²) in [4.78, 5) is 24.2. The van der Waals surface area contributed by atoms with Crippen molar-refractivity contribution >= 4 is 27.3 Å². The molecule has 1 aromatic carbocycles. The molecule has 0 radical (unpaired) electrons. The van der Waals surface area contributed by atoms with E-state index >= 15 is 0 Å². The van der Waals surface area contributed by atoms with Crippen LogP contribution in [0.4, 0.5) is 5.69 Å². The van der Waals surface area contributed by atoms with Crippen LogP contribution in [0.3, 0.4) is 0 Å². The lowest BCUT2D eigenvalue weighted by atomic mass is 10.2. The molecule has 2 aliphatic rings. The maximum Gasteiger partial charge on any atom is 0.228 e. The van der Waals surface area contributed by atoms with Crippen molar-refractivity contribution in [2.75, 3.05) is 16.8 Å². The zero-order valence-electron chi connectivity index (χ0n) is 12.9. The molecule has 1 heterocycles. The first-order valence-electron chi connectivity index (χ1n) is 7.70. The Bertz CT molecular complexity index is 811. The number of anilines is 1. The van der Waals surface area contributed by atoms with Gasteiger partial charge in [-0.15, -0.1) is 0 Å². The molecule has 126 valence electrons. The average molecular weight is 347 g/mol. The Balaban J connectivity index is 1.50. The number of nitrogens with zero attached hydrogens (tertiary/aromatic N) is 1. The number of nitriles is 1. The largest absolute Gasteiger partial charge is 0.352 e. The van der Waals surface area contributed by atoms with Gasteiger partial charge in [-0.25, -0.2) is 8.42 Å². The molecule has 2 N–H and O–H groups in total. The van der Waals surface area contributed by atoms with Crippen molar-refractivity contribution in [3.63, 3.8) is 0 Å². The van der Waals surface area contributed by atoms with Gasteiger partial charge in [0.15, 0.2) is 9.84 Å². The average Bonchev–Trinajstić information content (AvgIpc) is 3.27. The molecular formula is C16H17N3O4S. The number of rotatable bonds is 4. The summed E-state index contributed by atoms with van der Waals surface area (Å²) in [5.41, 5.74) is 1.08. The second-order valence-corrected chi connectivity index (χ2v) is 8.46. The summed E-state index contributed by atoms with van der Waals surface area (Å²) in [6.07, 6.45) is 0.899. The minimum absolute atomic E-state index is 0.0203. The quantitative estimate of drug-likeness (QED) is 0.819.